The fourth-order valence-corrected chi connectivity index (χ4v) is 6.94. The van der Waals surface area contributed by atoms with Crippen LogP contribution in [0.5, 0.6) is 0 Å². The monoisotopic (exact) mass is 553 g/mol. The second-order valence-electron chi connectivity index (χ2n) is 13.3. The molecule has 1 aliphatic heterocycles. The largest absolute Gasteiger partial charge is 0.444 e. The fourth-order valence-electron chi connectivity index (χ4n) is 6.94. The number of nitrogens with zero attached hydrogens (tertiary/aromatic N) is 1. The number of alkyl carbamates (subject to hydrolysis) is 1. The number of likely N-dealkylation sites (tertiary alicyclic amines) is 1. The highest BCUT2D eigenvalue weighted by atomic mass is 16.6. The van der Waals surface area contributed by atoms with Crippen LogP contribution in [0.1, 0.15) is 71.9 Å². The second kappa shape index (κ2) is 11.0. The lowest BCUT2D eigenvalue weighted by Gasteiger charge is -2.35. The predicted molar refractivity (Wildman–Crippen MR) is 149 cm³/mol. The van der Waals surface area contributed by atoms with Crippen molar-refractivity contribution in [1.29, 1.82) is 0 Å². The van der Waals surface area contributed by atoms with Crippen molar-refractivity contribution < 1.29 is 28.7 Å². The molecule has 5 atom stereocenters. The molecular weight excluding hydrogens is 510 g/mol. The number of rotatable bonds is 10. The van der Waals surface area contributed by atoms with Crippen molar-refractivity contribution in [3.8, 4) is 0 Å². The molecule has 0 radical (unpaired) electrons. The van der Waals surface area contributed by atoms with E-state index in [1.165, 1.54) is 0 Å². The number of nitrogens with one attached hydrogen (secondary N) is 1. The number of primary amides is 1. The van der Waals surface area contributed by atoms with Crippen LogP contribution in [0.2, 0.25) is 0 Å². The molecule has 218 valence electrons. The summed E-state index contributed by atoms with van der Waals surface area (Å²) in [4.78, 5) is 66.8. The van der Waals surface area contributed by atoms with E-state index in [1.54, 1.807) is 25.7 Å². The third-order valence-corrected chi connectivity index (χ3v) is 9.01. The summed E-state index contributed by atoms with van der Waals surface area (Å²) in [5.74, 6) is -3.22. The first-order chi connectivity index (χ1) is 18.7. The number of ether oxygens (including phenoxy) is 1. The van der Waals surface area contributed by atoms with Gasteiger partial charge in [0.2, 0.25) is 11.7 Å². The van der Waals surface area contributed by atoms with Crippen molar-refractivity contribution in [3.05, 3.63) is 35.4 Å². The molecule has 0 spiro atoms. The molecular formula is C31H43N3O6. The number of ketones is 2. The van der Waals surface area contributed by atoms with E-state index in [4.69, 9.17) is 10.5 Å². The van der Waals surface area contributed by atoms with Crippen molar-refractivity contribution in [2.75, 3.05) is 6.54 Å². The number of hydrogen-bond donors (Lipinski definition) is 2. The molecule has 9 nitrogen and oxygen atoms in total. The van der Waals surface area contributed by atoms with Gasteiger partial charge in [0, 0.05) is 18.9 Å². The summed E-state index contributed by atoms with van der Waals surface area (Å²) in [5.41, 5.74) is 6.69. The third-order valence-electron chi connectivity index (χ3n) is 9.01. The van der Waals surface area contributed by atoms with Crippen LogP contribution in [-0.2, 0) is 36.8 Å². The zero-order valence-electron chi connectivity index (χ0n) is 24.5. The summed E-state index contributed by atoms with van der Waals surface area (Å²) in [6.45, 7) is 11.8. The van der Waals surface area contributed by atoms with Crippen LogP contribution in [0, 0.1) is 29.1 Å². The van der Waals surface area contributed by atoms with Crippen molar-refractivity contribution in [2.24, 2.45) is 34.8 Å². The number of benzene rings is 1. The Morgan fingerprint density at radius 1 is 1.10 bits per heavy atom. The van der Waals surface area contributed by atoms with Gasteiger partial charge in [0.25, 0.3) is 5.91 Å². The zero-order valence-corrected chi connectivity index (χ0v) is 24.5. The number of piperidine rings is 1. The Balaban J connectivity index is 1.60. The average Bonchev–Trinajstić information content (AvgIpc) is 3.24. The molecule has 1 saturated carbocycles. The second-order valence-corrected chi connectivity index (χ2v) is 13.3. The minimum atomic E-state index is -1.04. The van der Waals surface area contributed by atoms with Gasteiger partial charge in [0.1, 0.15) is 11.6 Å². The molecule has 1 heterocycles. The van der Waals surface area contributed by atoms with Crippen molar-refractivity contribution >= 4 is 29.5 Å². The Morgan fingerprint density at radius 2 is 1.70 bits per heavy atom. The van der Waals surface area contributed by atoms with Gasteiger partial charge in [-0.3, -0.25) is 19.2 Å². The highest BCUT2D eigenvalue weighted by molar-refractivity contribution is 6.36. The summed E-state index contributed by atoms with van der Waals surface area (Å²) < 4.78 is 5.51. The first-order valence-electron chi connectivity index (χ1n) is 14.4. The van der Waals surface area contributed by atoms with Crippen molar-refractivity contribution in [1.82, 2.24) is 10.2 Å². The van der Waals surface area contributed by atoms with Crippen LogP contribution < -0.4 is 11.1 Å². The molecule has 2 fully saturated rings. The summed E-state index contributed by atoms with van der Waals surface area (Å²) >= 11 is 0. The van der Waals surface area contributed by atoms with Gasteiger partial charge < -0.3 is 20.7 Å². The zero-order chi connectivity index (χ0) is 29.6. The minimum absolute atomic E-state index is 0.0436. The van der Waals surface area contributed by atoms with E-state index in [0.29, 0.717) is 32.2 Å². The molecule has 3 N–H and O–H groups in total. The molecule has 2 aliphatic carbocycles. The highest BCUT2D eigenvalue weighted by Gasteiger charge is 2.69. The van der Waals surface area contributed by atoms with E-state index in [1.807, 2.05) is 31.2 Å². The quantitative estimate of drug-likeness (QED) is 0.427. The molecule has 0 bridgehead atoms. The number of carbonyl (C=O) groups excluding carboxylic acids is 5. The standard InChI is InChI=1S/C31H43N3O6/c1-7-10-19(26(36)27(32)37)15-22(35)25-23-21(31(23,5)6)16-34(25)28(38)24(33-29(39)40-30(2,3)4)20-13-17-11-8-9-12-18(17)14-20/h8-9,11-12,19-21,23-25H,7,10,13-16H2,1-6H3,(H2,32,37)(H,33,39)/t19?,21-,23-,24-,25+/m0/s1. The SMILES string of the molecule is CCCC(CC(=O)[C@@H]1[C@@H]2[C@H](CN1C(=O)[C@@H](NC(=O)OC(C)(C)C)C1Cc3ccccc3C1)C2(C)C)C(=O)C(N)=O. The van der Waals surface area contributed by atoms with Gasteiger partial charge in [-0.05, 0) is 74.3 Å². The van der Waals surface area contributed by atoms with Crippen LogP contribution in [0.15, 0.2) is 24.3 Å². The minimum Gasteiger partial charge on any atom is -0.444 e. The normalized spacial score (nSPS) is 24.4. The van der Waals surface area contributed by atoms with Crippen LogP contribution in [-0.4, -0.2) is 58.6 Å². The summed E-state index contributed by atoms with van der Waals surface area (Å²) in [7, 11) is 0. The van der Waals surface area contributed by atoms with E-state index < -0.39 is 41.4 Å². The number of amides is 3. The number of nitrogens with two attached hydrogens (primary N) is 1. The number of fused-ring (bicyclic) bond motifs is 2. The fraction of sp³-hybridized carbons (Fsp3) is 0.645. The lowest BCUT2D eigenvalue weighted by molar-refractivity contribution is -0.144. The summed E-state index contributed by atoms with van der Waals surface area (Å²) in [6, 6.07) is 6.40. The topological polar surface area (TPSA) is 136 Å². The molecule has 40 heavy (non-hydrogen) atoms. The number of hydrogen-bond acceptors (Lipinski definition) is 6. The maximum absolute atomic E-state index is 14.3. The third kappa shape index (κ3) is 5.93. The van der Waals surface area contributed by atoms with Crippen LogP contribution in [0.25, 0.3) is 0 Å². The van der Waals surface area contributed by atoms with Gasteiger partial charge in [-0.2, -0.15) is 0 Å². The molecule has 1 unspecified atom stereocenters. The van der Waals surface area contributed by atoms with E-state index in [9.17, 15) is 24.0 Å². The molecule has 1 aromatic rings. The van der Waals surface area contributed by atoms with Gasteiger partial charge in [0.15, 0.2) is 5.78 Å². The predicted octanol–water partition coefficient (Wildman–Crippen LogP) is 3.21. The van der Waals surface area contributed by atoms with Crippen LogP contribution >= 0.6 is 0 Å². The Kier molecular flexibility index (Phi) is 8.16. The molecule has 9 heteroatoms. The lowest BCUT2D eigenvalue weighted by atomic mass is 9.87. The Bertz CT molecular complexity index is 1180. The highest BCUT2D eigenvalue weighted by Crippen LogP contribution is 2.65. The van der Waals surface area contributed by atoms with Gasteiger partial charge in [0.05, 0.1) is 6.04 Å². The maximum Gasteiger partial charge on any atom is 0.408 e. The summed E-state index contributed by atoms with van der Waals surface area (Å²) in [5, 5.41) is 2.85. The van der Waals surface area contributed by atoms with Gasteiger partial charge in [-0.25, -0.2) is 4.79 Å². The first kappa shape index (κ1) is 29.7. The smallest absolute Gasteiger partial charge is 0.408 e. The lowest BCUT2D eigenvalue weighted by Crippen LogP contribution is -2.57. The molecule has 0 aromatic heterocycles. The van der Waals surface area contributed by atoms with Gasteiger partial charge >= 0.3 is 6.09 Å². The van der Waals surface area contributed by atoms with Crippen molar-refractivity contribution in [2.45, 2.75) is 91.3 Å². The van der Waals surface area contributed by atoms with E-state index in [-0.39, 0.29) is 41.3 Å². The molecule has 1 aromatic carbocycles. The Hall–Kier alpha value is -3.23. The number of Topliss-reactive ketones (excluding diaryl/α,β-unsaturated/α-hetero) is 2. The van der Waals surface area contributed by atoms with Crippen LogP contribution in [0.4, 0.5) is 4.79 Å². The molecule has 3 amide bonds. The maximum atomic E-state index is 14.3. The number of carbonyl (C=O) groups is 5. The molecule has 1 saturated heterocycles. The van der Waals surface area contributed by atoms with Crippen LogP contribution in [0.3, 0.4) is 0 Å². The Labute approximate surface area is 236 Å². The van der Waals surface area contributed by atoms with E-state index >= 15 is 0 Å². The molecule has 4 rings (SSSR count). The molecule has 3 aliphatic rings. The van der Waals surface area contributed by atoms with Gasteiger partial charge in [-0.1, -0.05) is 51.5 Å². The van der Waals surface area contributed by atoms with Crippen molar-refractivity contribution in [3.63, 3.8) is 0 Å². The van der Waals surface area contributed by atoms with E-state index in [2.05, 4.69) is 19.2 Å². The van der Waals surface area contributed by atoms with E-state index in [0.717, 1.165) is 11.1 Å². The average molecular weight is 554 g/mol. The first-order valence-corrected chi connectivity index (χ1v) is 14.4. The van der Waals surface area contributed by atoms with Gasteiger partial charge in [-0.15, -0.1) is 0 Å². The Morgan fingerprint density at radius 3 is 2.23 bits per heavy atom. The summed E-state index contributed by atoms with van der Waals surface area (Å²) in [6.07, 6.45) is 1.42.